The molecular weight excluding hydrogens is 415 g/mol. The molecule has 1 aliphatic rings. The summed E-state index contributed by atoms with van der Waals surface area (Å²) in [6, 6.07) is 7.64. The number of benzene rings is 2. The molecule has 0 saturated carbocycles. The minimum absolute atomic E-state index is 0. The van der Waals surface area contributed by atoms with Crippen LogP contribution in [0.4, 0.5) is 0 Å². The first-order chi connectivity index (χ1) is 13.3. The summed E-state index contributed by atoms with van der Waals surface area (Å²) in [6.07, 6.45) is 1.58. The number of rotatable bonds is 4. The second-order valence-corrected chi connectivity index (χ2v) is 7.32. The van der Waals surface area contributed by atoms with E-state index in [1.807, 2.05) is 26.0 Å². The van der Waals surface area contributed by atoms with Crippen LogP contribution in [0.25, 0.3) is 0 Å². The van der Waals surface area contributed by atoms with Crippen molar-refractivity contribution in [3.8, 4) is 11.5 Å². The third kappa shape index (κ3) is 4.60. The molecular formula is C21H24Cl2N2O4. The van der Waals surface area contributed by atoms with Crippen molar-refractivity contribution in [3.63, 3.8) is 0 Å². The largest absolute Gasteiger partial charge is 0.507 e. The standard InChI is InChI=1S/C21H23ClN2O4.ClH/c1-3-23-20(27)13-7-6-12(2)14(9-13)17-5-4-8-24(17)21(28)15-10-16(22)19(26)11-18(15)25;/h6-7,9-11,17,25-26H,3-5,8H2,1-2H3,(H,23,27);1H. The fraction of sp³-hybridized carbons (Fsp3) is 0.333. The number of hydrogen-bond donors (Lipinski definition) is 3. The Morgan fingerprint density at radius 3 is 2.62 bits per heavy atom. The van der Waals surface area contributed by atoms with Crippen molar-refractivity contribution >= 4 is 35.8 Å². The number of phenols is 2. The summed E-state index contributed by atoms with van der Waals surface area (Å²) in [5.41, 5.74) is 2.51. The van der Waals surface area contributed by atoms with E-state index in [1.54, 1.807) is 11.0 Å². The predicted molar refractivity (Wildman–Crippen MR) is 114 cm³/mol. The quantitative estimate of drug-likeness (QED) is 0.666. The van der Waals surface area contributed by atoms with Crippen molar-refractivity contribution in [3.05, 3.63) is 57.6 Å². The molecule has 8 heteroatoms. The molecule has 29 heavy (non-hydrogen) atoms. The van der Waals surface area contributed by atoms with Gasteiger partial charge < -0.3 is 20.4 Å². The van der Waals surface area contributed by atoms with Crippen LogP contribution in [0, 0.1) is 6.92 Å². The summed E-state index contributed by atoms with van der Waals surface area (Å²) in [5.74, 6) is -1.10. The van der Waals surface area contributed by atoms with E-state index in [1.165, 1.54) is 6.07 Å². The maximum Gasteiger partial charge on any atom is 0.258 e. The summed E-state index contributed by atoms with van der Waals surface area (Å²) in [4.78, 5) is 27.0. The first kappa shape index (κ1) is 22.8. The van der Waals surface area contributed by atoms with Gasteiger partial charge in [-0.2, -0.15) is 0 Å². The van der Waals surface area contributed by atoms with Gasteiger partial charge in [-0.25, -0.2) is 0 Å². The molecule has 1 saturated heterocycles. The van der Waals surface area contributed by atoms with Gasteiger partial charge in [0, 0.05) is 24.7 Å². The number of carbonyl (C=O) groups is 2. The van der Waals surface area contributed by atoms with E-state index in [-0.39, 0.29) is 52.3 Å². The Hall–Kier alpha value is -2.44. The molecule has 0 spiro atoms. The van der Waals surface area contributed by atoms with Crippen LogP contribution in [0.2, 0.25) is 5.02 Å². The highest BCUT2D eigenvalue weighted by atomic mass is 35.5. The van der Waals surface area contributed by atoms with E-state index >= 15 is 0 Å². The molecule has 1 heterocycles. The first-order valence-electron chi connectivity index (χ1n) is 9.24. The summed E-state index contributed by atoms with van der Waals surface area (Å²) < 4.78 is 0. The number of nitrogens with one attached hydrogen (secondary N) is 1. The van der Waals surface area contributed by atoms with E-state index in [4.69, 9.17) is 11.6 Å². The first-order valence-corrected chi connectivity index (χ1v) is 9.62. The lowest BCUT2D eigenvalue weighted by Crippen LogP contribution is -2.31. The number of phenolic OH excluding ortho intramolecular Hbond substituents is 2. The number of hydrogen-bond acceptors (Lipinski definition) is 4. The van der Waals surface area contributed by atoms with E-state index in [2.05, 4.69) is 5.32 Å². The molecule has 0 aromatic heterocycles. The number of nitrogens with zero attached hydrogens (tertiary/aromatic N) is 1. The van der Waals surface area contributed by atoms with Crippen molar-refractivity contribution in [2.45, 2.75) is 32.7 Å². The van der Waals surface area contributed by atoms with Crippen LogP contribution in [0.15, 0.2) is 30.3 Å². The second-order valence-electron chi connectivity index (χ2n) is 6.91. The zero-order valence-electron chi connectivity index (χ0n) is 16.2. The molecule has 3 N–H and O–H groups in total. The van der Waals surface area contributed by atoms with Gasteiger partial charge in [0.15, 0.2) is 0 Å². The fourth-order valence-electron chi connectivity index (χ4n) is 3.61. The lowest BCUT2D eigenvalue weighted by molar-refractivity contribution is 0.0732. The highest BCUT2D eigenvalue weighted by Gasteiger charge is 2.33. The smallest absolute Gasteiger partial charge is 0.258 e. The van der Waals surface area contributed by atoms with Gasteiger partial charge >= 0.3 is 0 Å². The van der Waals surface area contributed by atoms with Gasteiger partial charge in [-0.3, -0.25) is 9.59 Å². The molecule has 1 unspecified atom stereocenters. The van der Waals surface area contributed by atoms with Gasteiger partial charge in [0.05, 0.1) is 16.6 Å². The van der Waals surface area contributed by atoms with Crippen molar-refractivity contribution in [2.24, 2.45) is 0 Å². The highest BCUT2D eigenvalue weighted by molar-refractivity contribution is 6.32. The summed E-state index contributed by atoms with van der Waals surface area (Å²) in [5, 5.41) is 22.5. The molecule has 6 nitrogen and oxygen atoms in total. The SMILES string of the molecule is CCNC(=O)c1ccc(C)c(C2CCCN2C(=O)c2cc(Cl)c(O)cc2O)c1.Cl. The monoisotopic (exact) mass is 438 g/mol. The number of likely N-dealkylation sites (tertiary alicyclic amines) is 1. The Morgan fingerprint density at radius 2 is 1.93 bits per heavy atom. The minimum atomic E-state index is -0.357. The van der Waals surface area contributed by atoms with Crippen molar-refractivity contribution in [2.75, 3.05) is 13.1 Å². The van der Waals surface area contributed by atoms with E-state index < -0.39 is 0 Å². The Balaban J connectivity index is 0.00000300. The maximum atomic E-state index is 13.1. The number of aromatic hydroxyl groups is 2. The maximum absolute atomic E-state index is 13.1. The summed E-state index contributed by atoms with van der Waals surface area (Å²) in [6.45, 7) is 4.88. The van der Waals surface area contributed by atoms with Gasteiger partial charge in [0.25, 0.3) is 11.8 Å². The summed E-state index contributed by atoms with van der Waals surface area (Å²) in [7, 11) is 0. The predicted octanol–water partition coefficient (Wildman–Crippen LogP) is 4.21. The lowest BCUT2D eigenvalue weighted by atomic mass is 9.96. The van der Waals surface area contributed by atoms with Gasteiger partial charge in [-0.15, -0.1) is 12.4 Å². The molecule has 2 amide bonds. The van der Waals surface area contributed by atoms with Crippen molar-refractivity contribution < 1.29 is 19.8 Å². The average molecular weight is 439 g/mol. The van der Waals surface area contributed by atoms with Gasteiger partial charge in [0.1, 0.15) is 11.5 Å². The zero-order valence-corrected chi connectivity index (χ0v) is 17.8. The topological polar surface area (TPSA) is 89.9 Å². The molecule has 0 bridgehead atoms. The third-order valence-electron chi connectivity index (χ3n) is 5.05. The van der Waals surface area contributed by atoms with Crippen molar-refractivity contribution in [1.29, 1.82) is 0 Å². The van der Waals surface area contributed by atoms with Crippen LogP contribution in [0.1, 0.15) is 57.7 Å². The average Bonchev–Trinajstić information content (AvgIpc) is 3.14. The molecule has 1 atom stereocenters. The minimum Gasteiger partial charge on any atom is -0.507 e. The van der Waals surface area contributed by atoms with Crippen LogP contribution in [0.5, 0.6) is 11.5 Å². The fourth-order valence-corrected chi connectivity index (χ4v) is 3.78. The van der Waals surface area contributed by atoms with Gasteiger partial charge in [-0.1, -0.05) is 17.7 Å². The second kappa shape index (κ2) is 9.37. The van der Waals surface area contributed by atoms with Crippen LogP contribution in [0.3, 0.4) is 0 Å². The molecule has 3 rings (SSSR count). The Morgan fingerprint density at radius 1 is 1.21 bits per heavy atom. The molecule has 156 valence electrons. The summed E-state index contributed by atoms with van der Waals surface area (Å²) >= 11 is 5.92. The number of aryl methyl sites for hydroxylation is 1. The Labute approximate surface area is 180 Å². The molecule has 0 aliphatic carbocycles. The molecule has 1 fully saturated rings. The van der Waals surface area contributed by atoms with Crippen LogP contribution >= 0.6 is 24.0 Å². The lowest BCUT2D eigenvalue weighted by Gasteiger charge is -2.27. The van der Waals surface area contributed by atoms with Crippen molar-refractivity contribution in [1.82, 2.24) is 10.2 Å². The van der Waals surface area contributed by atoms with Crippen LogP contribution in [-0.2, 0) is 0 Å². The molecule has 2 aromatic carbocycles. The third-order valence-corrected chi connectivity index (χ3v) is 5.35. The molecule has 0 radical (unpaired) electrons. The molecule has 1 aliphatic heterocycles. The highest BCUT2D eigenvalue weighted by Crippen LogP contribution is 2.38. The zero-order chi connectivity index (χ0) is 20.4. The Bertz CT molecular complexity index is 933. The van der Waals surface area contributed by atoms with Crippen LogP contribution < -0.4 is 5.32 Å². The number of carbonyl (C=O) groups excluding carboxylic acids is 2. The van der Waals surface area contributed by atoms with E-state index in [0.717, 1.165) is 30.0 Å². The van der Waals surface area contributed by atoms with E-state index in [0.29, 0.717) is 18.7 Å². The van der Waals surface area contributed by atoms with Gasteiger partial charge in [0.2, 0.25) is 0 Å². The van der Waals surface area contributed by atoms with Crippen LogP contribution in [-0.4, -0.2) is 40.0 Å². The number of amides is 2. The normalized spacial score (nSPS) is 15.7. The van der Waals surface area contributed by atoms with E-state index in [9.17, 15) is 19.8 Å². The Kier molecular flexibility index (Phi) is 7.38. The molecule has 2 aromatic rings. The van der Waals surface area contributed by atoms with Gasteiger partial charge in [-0.05, 0) is 56.0 Å². The number of halogens is 2.